The van der Waals surface area contributed by atoms with Crippen LogP contribution in [-0.2, 0) is 10.0 Å². The van der Waals surface area contributed by atoms with E-state index in [9.17, 15) is 13.2 Å². The third-order valence-corrected chi connectivity index (χ3v) is 8.60. The number of sulfonamides is 1. The van der Waals surface area contributed by atoms with Crippen LogP contribution in [0.3, 0.4) is 0 Å². The summed E-state index contributed by atoms with van der Waals surface area (Å²) in [6.45, 7) is 2.50. The molecule has 1 unspecified atom stereocenters. The number of likely N-dealkylation sites (N-methyl/N-ethyl adjacent to an activating group) is 1. The Balaban J connectivity index is 1.25. The first-order chi connectivity index (χ1) is 14.8. The Morgan fingerprint density at radius 2 is 1.90 bits per heavy atom. The molecule has 1 aromatic heterocycles. The summed E-state index contributed by atoms with van der Waals surface area (Å²) in [6.07, 6.45) is 5.87. The zero-order valence-electron chi connectivity index (χ0n) is 18.5. The van der Waals surface area contributed by atoms with Gasteiger partial charge in [0.15, 0.2) is 5.69 Å². The Morgan fingerprint density at radius 3 is 2.55 bits per heavy atom. The van der Waals surface area contributed by atoms with Crippen molar-refractivity contribution in [2.45, 2.75) is 69.0 Å². The molecule has 9 nitrogen and oxygen atoms in total. The van der Waals surface area contributed by atoms with Crippen LogP contribution in [0.4, 0.5) is 0 Å². The maximum Gasteiger partial charge on any atom is 0.273 e. The minimum absolute atomic E-state index is 0.0184. The number of fused-ring (bicyclic) bond motifs is 2. The predicted octanol–water partition coefficient (Wildman–Crippen LogP) is 1.15. The standard InChI is InChI=1S/C21H35N5O4S/c1-25(2)10-9-22-8-3-11-31(28,29)26-17-6-7-18(26)13-16(12-17)23-21(27)19-14-20(30-24-19)15-4-5-15/h14-18,22H,3-13H2,1-2H3,(H,23,27)/t16?,17-,18+. The van der Waals surface area contributed by atoms with E-state index in [1.165, 1.54) is 0 Å². The molecule has 174 valence electrons. The van der Waals surface area contributed by atoms with Crippen LogP contribution in [0.1, 0.15) is 67.1 Å². The van der Waals surface area contributed by atoms with E-state index in [1.54, 1.807) is 10.4 Å². The lowest BCUT2D eigenvalue weighted by atomic mass is 9.99. The molecule has 3 atom stereocenters. The van der Waals surface area contributed by atoms with Gasteiger partial charge >= 0.3 is 0 Å². The SMILES string of the molecule is CN(C)CCNCCCS(=O)(=O)N1[C@@H]2CC[C@H]1CC(NC(=O)c1cc(C3CC3)on1)C2. The molecule has 3 heterocycles. The zero-order valence-corrected chi connectivity index (χ0v) is 19.4. The zero-order chi connectivity index (χ0) is 22.0. The molecule has 2 N–H and O–H groups in total. The molecular formula is C21H35N5O4S. The van der Waals surface area contributed by atoms with Crippen molar-refractivity contribution in [3.8, 4) is 0 Å². The molecule has 3 fully saturated rings. The van der Waals surface area contributed by atoms with E-state index in [1.807, 2.05) is 14.1 Å². The van der Waals surface area contributed by atoms with Gasteiger partial charge in [0.25, 0.3) is 5.91 Å². The minimum atomic E-state index is -3.28. The topological polar surface area (TPSA) is 108 Å². The molecule has 1 saturated carbocycles. The van der Waals surface area contributed by atoms with Gasteiger partial charge in [-0.3, -0.25) is 4.79 Å². The summed E-state index contributed by atoms with van der Waals surface area (Å²) in [5, 5.41) is 10.3. The van der Waals surface area contributed by atoms with Gasteiger partial charge in [-0.1, -0.05) is 5.16 Å². The Labute approximate surface area is 184 Å². The second-order valence-electron chi connectivity index (χ2n) is 9.47. The van der Waals surface area contributed by atoms with Gasteiger partial charge in [-0.25, -0.2) is 8.42 Å². The first-order valence-corrected chi connectivity index (χ1v) is 13.1. The summed E-state index contributed by atoms with van der Waals surface area (Å²) in [5.41, 5.74) is 0.325. The van der Waals surface area contributed by atoms with E-state index in [2.05, 4.69) is 20.7 Å². The lowest BCUT2D eigenvalue weighted by Crippen LogP contribution is -2.53. The quantitative estimate of drug-likeness (QED) is 0.484. The van der Waals surface area contributed by atoms with Crippen molar-refractivity contribution in [3.63, 3.8) is 0 Å². The van der Waals surface area contributed by atoms with Crippen LogP contribution in [0.2, 0.25) is 0 Å². The molecule has 10 heteroatoms. The molecule has 3 aliphatic rings. The third-order valence-electron chi connectivity index (χ3n) is 6.55. The summed E-state index contributed by atoms with van der Waals surface area (Å²) in [4.78, 5) is 14.7. The van der Waals surface area contributed by atoms with Crippen LogP contribution in [-0.4, -0.2) is 86.3 Å². The number of nitrogens with one attached hydrogen (secondary N) is 2. The molecule has 1 aromatic rings. The number of hydrogen-bond acceptors (Lipinski definition) is 7. The maximum absolute atomic E-state index is 13.0. The van der Waals surface area contributed by atoms with Gasteiger partial charge in [0.1, 0.15) is 5.76 Å². The number of carbonyl (C=O) groups is 1. The summed E-state index contributed by atoms with van der Waals surface area (Å²) in [5.74, 6) is 1.17. The fraction of sp³-hybridized carbons (Fsp3) is 0.810. The van der Waals surface area contributed by atoms with E-state index < -0.39 is 10.0 Å². The Kier molecular flexibility index (Phi) is 7.00. The average molecular weight is 454 g/mol. The smallest absolute Gasteiger partial charge is 0.273 e. The fourth-order valence-electron chi connectivity index (χ4n) is 4.83. The third kappa shape index (κ3) is 5.66. The van der Waals surface area contributed by atoms with Crippen LogP contribution in [0.25, 0.3) is 0 Å². The van der Waals surface area contributed by atoms with Gasteiger partial charge in [0.05, 0.1) is 5.75 Å². The molecule has 1 amide bonds. The number of amides is 1. The first kappa shape index (κ1) is 22.7. The van der Waals surface area contributed by atoms with Gasteiger partial charge in [-0.15, -0.1) is 0 Å². The lowest BCUT2D eigenvalue weighted by molar-refractivity contribution is 0.0900. The summed E-state index contributed by atoms with van der Waals surface area (Å²) >= 11 is 0. The van der Waals surface area contributed by atoms with Crippen LogP contribution in [0, 0.1) is 0 Å². The highest BCUT2D eigenvalue weighted by Crippen LogP contribution is 2.40. The molecule has 0 spiro atoms. The summed E-state index contributed by atoms with van der Waals surface area (Å²) in [7, 11) is 0.755. The Hall–Kier alpha value is -1.49. The summed E-state index contributed by atoms with van der Waals surface area (Å²) in [6, 6.07) is 1.68. The van der Waals surface area contributed by atoms with Gasteiger partial charge in [0.2, 0.25) is 10.0 Å². The number of carbonyl (C=O) groups excluding carboxylic acids is 1. The highest BCUT2D eigenvalue weighted by atomic mass is 32.2. The van der Waals surface area contributed by atoms with E-state index in [0.29, 0.717) is 37.4 Å². The number of hydrogen-bond donors (Lipinski definition) is 2. The van der Waals surface area contributed by atoms with Crippen LogP contribution < -0.4 is 10.6 Å². The second kappa shape index (κ2) is 9.56. The number of aromatic nitrogens is 1. The van der Waals surface area contributed by atoms with Crippen molar-refractivity contribution in [3.05, 3.63) is 17.5 Å². The number of rotatable bonds is 11. The normalized spacial score (nSPS) is 26.5. The van der Waals surface area contributed by atoms with Gasteiger partial charge in [-0.2, -0.15) is 4.31 Å². The van der Waals surface area contributed by atoms with Crippen molar-refractivity contribution < 1.29 is 17.7 Å². The van der Waals surface area contributed by atoms with Crippen molar-refractivity contribution in [1.82, 2.24) is 25.0 Å². The highest BCUT2D eigenvalue weighted by molar-refractivity contribution is 7.89. The molecule has 2 saturated heterocycles. The molecule has 0 radical (unpaired) electrons. The largest absolute Gasteiger partial charge is 0.360 e. The van der Waals surface area contributed by atoms with Gasteiger partial charge in [0, 0.05) is 43.2 Å². The number of piperidine rings is 1. The van der Waals surface area contributed by atoms with Crippen LogP contribution in [0.5, 0.6) is 0 Å². The van der Waals surface area contributed by atoms with E-state index in [0.717, 1.165) is 44.5 Å². The molecule has 2 aliphatic heterocycles. The van der Waals surface area contributed by atoms with Crippen molar-refractivity contribution in [2.24, 2.45) is 0 Å². The van der Waals surface area contributed by atoms with Crippen molar-refractivity contribution >= 4 is 15.9 Å². The van der Waals surface area contributed by atoms with E-state index >= 15 is 0 Å². The molecular weight excluding hydrogens is 418 g/mol. The summed E-state index contributed by atoms with van der Waals surface area (Å²) < 4.78 is 33.0. The Morgan fingerprint density at radius 1 is 1.19 bits per heavy atom. The molecule has 0 aromatic carbocycles. The van der Waals surface area contributed by atoms with Crippen molar-refractivity contribution in [1.29, 1.82) is 0 Å². The fourth-order valence-corrected chi connectivity index (χ4v) is 6.85. The predicted molar refractivity (Wildman–Crippen MR) is 117 cm³/mol. The molecule has 2 bridgehead atoms. The minimum Gasteiger partial charge on any atom is -0.360 e. The molecule has 4 rings (SSSR count). The first-order valence-electron chi connectivity index (χ1n) is 11.5. The van der Waals surface area contributed by atoms with Crippen LogP contribution in [0.15, 0.2) is 10.6 Å². The van der Waals surface area contributed by atoms with Crippen molar-refractivity contribution in [2.75, 3.05) is 39.5 Å². The van der Waals surface area contributed by atoms with E-state index in [4.69, 9.17) is 4.52 Å². The lowest BCUT2D eigenvalue weighted by Gasteiger charge is -2.38. The van der Waals surface area contributed by atoms with E-state index in [-0.39, 0.29) is 29.8 Å². The highest BCUT2D eigenvalue weighted by Gasteiger charge is 2.46. The monoisotopic (exact) mass is 453 g/mol. The molecule has 1 aliphatic carbocycles. The molecule has 31 heavy (non-hydrogen) atoms. The van der Waals surface area contributed by atoms with Crippen LogP contribution >= 0.6 is 0 Å². The van der Waals surface area contributed by atoms with Gasteiger partial charge in [-0.05, 0) is 65.6 Å². The number of nitrogens with zero attached hydrogens (tertiary/aromatic N) is 3. The average Bonchev–Trinajstić information content (AvgIpc) is 3.36. The second-order valence-corrected chi connectivity index (χ2v) is 11.5. The Bertz CT molecular complexity index is 853. The van der Waals surface area contributed by atoms with Gasteiger partial charge < -0.3 is 20.1 Å². The maximum atomic E-state index is 13.0.